The predicted octanol–water partition coefficient (Wildman–Crippen LogP) is 6.77. The molecule has 0 saturated carbocycles. The van der Waals surface area contributed by atoms with E-state index < -0.39 is 12.1 Å². The van der Waals surface area contributed by atoms with Crippen LogP contribution in [0.3, 0.4) is 0 Å². The SMILES string of the molecule is CCC(CCCOC(C)C(=O)O)c1ccccc1OCCN1c2ccccc2Oc2ccccc21. The van der Waals surface area contributed by atoms with Crippen molar-refractivity contribution in [2.75, 3.05) is 24.7 Å². The molecule has 2 atom stereocenters. The summed E-state index contributed by atoms with van der Waals surface area (Å²) in [6.07, 6.45) is 1.90. The molecule has 0 spiro atoms. The van der Waals surface area contributed by atoms with Crippen LogP contribution in [0.1, 0.15) is 44.6 Å². The number of fused-ring (bicyclic) bond motifs is 2. The maximum absolute atomic E-state index is 10.9. The topological polar surface area (TPSA) is 68.2 Å². The number of benzene rings is 3. The molecule has 4 rings (SSSR count). The normalized spacial score (nSPS) is 13.8. The highest BCUT2D eigenvalue weighted by Crippen LogP contribution is 2.46. The monoisotopic (exact) mass is 475 g/mol. The minimum atomic E-state index is -0.929. The molecule has 3 aromatic carbocycles. The number of ether oxygens (including phenoxy) is 3. The third-order valence-electron chi connectivity index (χ3n) is 6.37. The third kappa shape index (κ3) is 5.95. The van der Waals surface area contributed by atoms with E-state index in [1.807, 2.05) is 54.6 Å². The molecule has 184 valence electrons. The lowest BCUT2D eigenvalue weighted by Gasteiger charge is -2.32. The van der Waals surface area contributed by atoms with Crippen molar-refractivity contribution in [1.82, 2.24) is 0 Å². The summed E-state index contributed by atoms with van der Waals surface area (Å²) in [5, 5.41) is 8.98. The van der Waals surface area contributed by atoms with Crippen LogP contribution in [0.25, 0.3) is 0 Å². The second-order valence-electron chi connectivity index (χ2n) is 8.67. The Kier molecular flexibility index (Phi) is 8.27. The van der Waals surface area contributed by atoms with E-state index in [2.05, 4.69) is 30.0 Å². The van der Waals surface area contributed by atoms with Crippen molar-refractivity contribution in [2.45, 2.75) is 45.1 Å². The van der Waals surface area contributed by atoms with Crippen LogP contribution in [0.15, 0.2) is 72.8 Å². The third-order valence-corrected chi connectivity index (χ3v) is 6.37. The van der Waals surface area contributed by atoms with Crippen molar-refractivity contribution < 1.29 is 24.1 Å². The lowest BCUT2D eigenvalue weighted by Crippen LogP contribution is -2.26. The second-order valence-corrected chi connectivity index (χ2v) is 8.67. The number of rotatable bonds is 12. The largest absolute Gasteiger partial charge is 0.491 e. The Morgan fingerprint density at radius 1 is 0.943 bits per heavy atom. The predicted molar refractivity (Wildman–Crippen MR) is 137 cm³/mol. The average molecular weight is 476 g/mol. The summed E-state index contributed by atoms with van der Waals surface area (Å²) in [6.45, 7) is 5.37. The fourth-order valence-corrected chi connectivity index (χ4v) is 4.46. The molecule has 0 aromatic heterocycles. The van der Waals surface area contributed by atoms with E-state index >= 15 is 0 Å². The quantitative estimate of drug-likeness (QED) is 0.292. The first kappa shape index (κ1) is 24.6. The summed E-state index contributed by atoms with van der Waals surface area (Å²) in [5.41, 5.74) is 3.25. The molecular weight excluding hydrogens is 442 g/mol. The number of aliphatic carboxylic acids is 1. The van der Waals surface area contributed by atoms with Crippen molar-refractivity contribution in [1.29, 1.82) is 0 Å². The zero-order valence-electron chi connectivity index (χ0n) is 20.4. The van der Waals surface area contributed by atoms with Crippen LogP contribution < -0.4 is 14.4 Å². The molecule has 0 radical (unpaired) electrons. The second kappa shape index (κ2) is 11.8. The number of hydrogen-bond acceptors (Lipinski definition) is 5. The van der Waals surface area contributed by atoms with Crippen molar-refractivity contribution in [3.8, 4) is 17.2 Å². The zero-order chi connectivity index (χ0) is 24.6. The van der Waals surface area contributed by atoms with E-state index in [1.54, 1.807) is 6.92 Å². The van der Waals surface area contributed by atoms with Crippen LogP contribution in [0.5, 0.6) is 17.2 Å². The van der Waals surface area contributed by atoms with E-state index in [0.717, 1.165) is 47.9 Å². The summed E-state index contributed by atoms with van der Waals surface area (Å²) < 4.78 is 17.8. The van der Waals surface area contributed by atoms with Gasteiger partial charge in [0.25, 0.3) is 0 Å². The Bertz CT molecular complexity index is 1090. The fraction of sp³-hybridized carbons (Fsp3) is 0.345. The summed E-state index contributed by atoms with van der Waals surface area (Å²) in [7, 11) is 0. The molecule has 6 nitrogen and oxygen atoms in total. The van der Waals surface area contributed by atoms with Crippen molar-refractivity contribution in [2.24, 2.45) is 0 Å². The molecule has 0 aliphatic carbocycles. The molecule has 6 heteroatoms. The van der Waals surface area contributed by atoms with Gasteiger partial charge in [0.05, 0.1) is 17.9 Å². The lowest BCUT2D eigenvalue weighted by molar-refractivity contribution is -0.149. The van der Waals surface area contributed by atoms with Gasteiger partial charge in [-0.2, -0.15) is 0 Å². The van der Waals surface area contributed by atoms with Gasteiger partial charge in [0.15, 0.2) is 17.6 Å². The van der Waals surface area contributed by atoms with Gasteiger partial charge in [-0.05, 0) is 68.0 Å². The van der Waals surface area contributed by atoms with Crippen LogP contribution in [-0.2, 0) is 9.53 Å². The number of anilines is 2. The maximum atomic E-state index is 10.9. The van der Waals surface area contributed by atoms with Gasteiger partial charge < -0.3 is 24.2 Å². The van der Waals surface area contributed by atoms with Gasteiger partial charge in [0, 0.05) is 6.61 Å². The molecule has 35 heavy (non-hydrogen) atoms. The van der Waals surface area contributed by atoms with Crippen LogP contribution in [0.2, 0.25) is 0 Å². The van der Waals surface area contributed by atoms with Gasteiger partial charge >= 0.3 is 5.97 Å². The minimum Gasteiger partial charge on any atom is -0.491 e. The molecular formula is C29H33NO5. The molecule has 1 heterocycles. The van der Waals surface area contributed by atoms with E-state index in [4.69, 9.17) is 19.3 Å². The Hall–Kier alpha value is -3.51. The summed E-state index contributed by atoms with van der Waals surface area (Å²) in [6, 6.07) is 24.3. The lowest BCUT2D eigenvalue weighted by atomic mass is 9.91. The highest BCUT2D eigenvalue weighted by atomic mass is 16.5. The Morgan fingerprint density at radius 3 is 2.23 bits per heavy atom. The molecule has 3 aromatic rings. The van der Waals surface area contributed by atoms with Crippen LogP contribution in [0, 0.1) is 0 Å². The van der Waals surface area contributed by atoms with E-state index in [-0.39, 0.29) is 0 Å². The van der Waals surface area contributed by atoms with E-state index in [0.29, 0.717) is 25.7 Å². The van der Waals surface area contributed by atoms with Crippen LogP contribution in [-0.4, -0.2) is 36.9 Å². The molecule has 0 bridgehead atoms. The molecule has 0 amide bonds. The smallest absolute Gasteiger partial charge is 0.332 e. The molecule has 1 N–H and O–H groups in total. The fourth-order valence-electron chi connectivity index (χ4n) is 4.46. The number of para-hydroxylation sites is 5. The van der Waals surface area contributed by atoms with Gasteiger partial charge in [-0.15, -0.1) is 0 Å². The highest BCUT2D eigenvalue weighted by Gasteiger charge is 2.24. The number of hydrogen-bond donors (Lipinski definition) is 1. The molecule has 2 unspecified atom stereocenters. The highest BCUT2D eigenvalue weighted by molar-refractivity contribution is 5.77. The standard InChI is InChI=1S/C29H33NO5/c1-3-22(11-10-19-33-21(2)29(31)32)23-12-4-7-15-26(23)34-20-18-30-24-13-5-8-16-27(24)35-28-17-9-6-14-25(28)30/h4-9,12-17,21-22H,3,10-11,18-20H2,1-2H3,(H,31,32). The number of carbonyl (C=O) groups is 1. The van der Waals surface area contributed by atoms with Gasteiger partial charge in [-0.1, -0.05) is 49.4 Å². The first-order valence-corrected chi connectivity index (χ1v) is 12.3. The van der Waals surface area contributed by atoms with Gasteiger partial charge in [-0.25, -0.2) is 4.79 Å². The first-order chi connectivity index (χ1) is 17.1. The average Bonchev–Trinajstić information content (AvgIpc) is 2.88. The van der Waals surface area contributed by atoms with Crippen LogP contribution >= 0.6 is 0 Å². The number of carboxylic acids is 1. The Morgan fingerprint density at radius 2 is 1.57 bits per heavy atom. The molecule has 0 saturated heterocycles. The van der Waals surface area contributed by atoms with Crippen molar-refractivity contribution in [3.63, 3.8) is 0 Å². The number of nitrogens with zero attached hydrogens (tertiary/aromatic N) is 1. The minimum absolute atomic E-state index is 0.319. The molecule has 1 aliphatic heterocycles. The van der Waals surface area contributed by atoms with Crippen LogP contribution in [0.4, 0.5) is 11.4 Å². The Labute approximate surface area is 207 Å². The van der Waals surface area contributed by atoms with Gasteiger partial charge in [0.2, 0.25) is 0 Å². The maximum Gasteiger partial charge on any atom is 0.332 e. The van der Waals surface area contributed by atoms with Crippen molar-refractivity contribution >= 4 is 17.3 Å². The molecule has 1 aliphatic rings. The summed E-state index contributed by atoms with van der Waals surface area (Å²) >= 11 is 0. The van der Waals surface area contributed by atoms with Gasteiger partial charge in [-0.3, -0.25) is 0 Å². The number of carboxylic acid groups (broad SMARTS) is 1. The molecule has 0 fully saturated rings. The Balaban J connectivity index is 1.40. The first-order valence-electron chi connectivity index (χ1n) is 12.3. The van der Waals surface area contributed by atoms with Crippen molar-refractivity contribution in [3.05, 3.63) is 78.4 Å². The zero-order valence-corrected chi connectivity index (χ0v) is 20.4. The summed E-state index contributed by atoms with van der Waals surface area (Å²) in [5.74, 6) is 1.98. The van der Waals surface area contributed by atoms with E-state index in [9.17, 15) is 4.79 Å². The summed E-state index contributed by atoms with van der Waals surface area (Å²) in [4.78, 5) is 13.2. The van der Waals surface area contributed by atoms with Gasteiger partial charge in [0.1, 0.15) is 12.4 Å². The van der Waals surface area contributed by atoms with E-state index in [1.165, 1.54) is 5.56 Å².